The minimum atomic E-state index is -0.608. The molecule has 2 aromatic carbocycles. The van der Waals surface area contributed by atoms with E-state index in [4.69, 9.17) is 9.47 Å². The fourth-order valence-corrected chi connectivity index (χ4v) is 5.82. The Bertz CT molecular complexity index is 1770. The van der Waals surface area contributed by atoms with E-state index in [1.807, 2.05) is 6.07 Å². The van der Waals surface area contributed by atoms with Crippen LogP contribution in [-0.4, -0.2) is 105 Å². The van der Waals surface area contributed by atoms with Gasteiger partial charge < -0.3 is 24.6 Å². The highest BCUT2D eigenvalue weighted by atomic mass is 16.5. The van der Waals surface area contributed by atoms with Gasteiger partial charge in [0.1, 0.15) is 23.7 Å². The van der Waals surface area contributed by atoms with Crippen LogP contribution in [-0.2, 0) is 4.74 Å². The number of aromatic nitrogens is 5. The number of hydrogen-bond donors (Lipinski definition) is 3. The Labute approximate surface area is 258 Å². The minimum absolute atomic E-state index is 0.0408. The Kier molecular flexibility index (Phi) is 7.85. The van der Waals surface area contributed by atoms with Crippen LogP contribution in [0.25, 0.3) is 11.4 Å². The van der Waals surface area contributed by atoms with E-state index in [1.54, 1.807) is 29.3 Å². The van der Waals surface area contributed by atoms with E-state index in [2.05, 4.69) is 70.6 Å². The number of likely N-dealkylation sites (tertiary alicyclic amines) is 1. The standard InChI is InChI=1S/C31H32N10O4/c32-16-21-15-20(1-6-26(21)45-25-8-10-41(17-25)30(42)29-36-31(43)38-37-29)28-33-9-7-27(35-28)34-22-2-4-23(5-3-22)39-11-13-40(14-12-39)24-18-44-19-24/h1-7,9,15,24-25H,8,10-14,17-19H2,(H,33,34,35)(H2,36,37,38,43)/t25-/m1/s1. The molecule has 0 bridgehead atoms. The summed E-state index contributed by atoms with van der Waals surface area (Å²) in [6.45, 7) is 6.57. The van der Waals surface area contributed by atoms with Crippen molar-refractivity contribution in [3.63, 3.8) is 0 Å². The molecule has 0 spiro atoms. The molecule has 0 unspecified atom stereocenters. The zero-order chi connectivity index (χ0) is 30.8. The van der Waals surface area contributed by atoms with Crippen molar-refractivity contribution in [2.75, 3.05) is 62.7 Å². The summed E-state index contributed by atoms with van der Waals surface area (Å²) < 4.78 is 11.5. The molecule has 1 atom stereocenters. The molecule has 45 heavy (non-hydrogen) atoms. The van der Waals surface area contributed by atoms with Gasteiger partial charge in [0.15, 0.2) is 5.82 Å². The van der Waals surface area contributed by atoms with Crippen LogP contribution in [0.4, 0.5) is 17.2 Å². The number of ether oxygens (including phenoxy) is 2. The monoisotopic (exact) mass is 608 g/mol. The van der Waals surface area contributed by atoms with E-state index in [-0.39, 0.29) is 17.8 Å². The first kappa shape index (κ1) is 28.5. The van der Waals surface area contributed by atoms with E-state index in [0.29, 0.717) is 54.1 Å². The fraction of sp³-hybridized carbons (Fsp3) is 0.355. The van der Waals surface area contributed by atoms with Crippen LogP contribution in [0.5, 0.6) is 5.75 Å². The third-order valence-corrected chi connectivity index (χ3v) is 8.40. The Morgan fingerprint density at radius 2 is 1.84 bits per heavy atom. The summed E-state index contributed by atoms with van der Waals surface area (Å²) in [5.74, 6) is 1.10. The lowest BCUT2D eigenvalue weighted by Crippen LogP contribution is -2.56. The van der Waals surface area contributed by atoms with E-state index < -0.39 is 5.69 Å². The Morgan fingerprint density at radius 3 is 2.56 bits per heavy atom. The van der Waals surface area contributed by atoms with Crippen molar-refractivity contribution in [2.24, 2.45) is 0 Å². The van der Waals surface area contributed by atoms with Crippen LogP contribution < -0.4 is 20.6 Å². The van der Waals surface area contributed by atoms with Crippen molar-refractivity contribution in [1.29, 1.82) is 5.26 Å². The topological polar surface area (TPSA) is 168 Å². The summed E-state index contributed by atoms with van der Waals surface area (Å²) in [5, 5.41) is 18.0. The van der Waals surface area contributed by atoms with Crippen molar-refractivity contribution in [3.8, 4) is 23.2 Å². The van der Waals surface area contributed by atoms with Crippen molar-refractivity contribution < 1.29 is 14.3 Å². The summed E-state index contributed by atoms with van der Waals surface area (Å²) >= 11 is 0. The second-order valence-electron chi connectivity index (χ2n) is 11.3. The van der Waals surface area contributed by atoms with Crippen LogP contribution >= 0.6 is 0 Å². The van der Waals surface area contributed by atoms with Crippen LogP contribution in [0.1, 0.15) is 22.6 Å². The predicted octanol–water partition coefficient (Wildman–Crippen LogP) is 1.98. The highest BCUT2D eigenvalue weighted by Crippen LogP contribution is 2.28. The van der Waals surface area contributed by atoms with E-state index >= 15 is 0 Å². The van der Waals surface area contributed by atoms with Crippen LogP contribution in [0.3, 0.4) is 0 Å². The summed E-state index contributed by atoms with van der Waals surface area (Å²) in [7, 11) is 0. The van der Waals surface area contributed by atoms with Gasteiger partial charge in [0, 0.05) is 62.3 Å². The molecule has 2 aromatic heterocycles. The zero-order valence-electron chi connectivity index (χ0n) is 24.5. The second kappa shape index (κ2) is 12.4. The van der Waals surface area contributed by atoms with Gasteiger partial charge >= 0.3 is 5.69 Å². The molecule has 3 aliphatic rings. The number of aromatic amines is 2. The maximum absolute atomic E-state index is 12.6. The van der Waals surface area contributed by atoms with E-state index in [0.717, 1.165) is 45.1 Å². The SMILES string of the molecule is N#Cc1cc(-c2nccc(Nc3ccc(N4CCN(C5COC5)CC4)cc3)n2)ccc1O[C@@H]1CCN(C(=O)c2nc(=O)[nH][nH]2)C1. The molecule has 3 aliphatic heterocycles. The number of amides is 1. The summed E-state index contributed by atoms with van der Waals surface area (Å²) in [6, 6.07) is 18.2. The number of rotatable bonds is 8. The Balaban J connectivity index is 0.971. The number of nitriles is 1. The third kappa shape index (κ3) is 6.21. The largest absolute Gasteiger partial charge is 0.487 e. The minimum Gasteiger partial charge on any atom is -0.487 e. The molecule has 4 aromatic rings. The molecule has 0 saturated carbocycles. The number of carbonyl (C=O) groups is 1. The quantitative estimate of drug-likeness (QED) is 0.267. The van der Waals surface area contributed by atoms with E-state index in [1.165, 1.54) is 5.69 Å². The number of anilines is 3. The Hall–Kier alpha value is -5.26. The molecule has 3 fully saturated rings. The molecule has 7 rings (SSSR count). The van der Waals surface area contributed by atoms with Crippen molar-refractivity contribution in [3.05, 3.63) is 76.6 Å². The molecule has 14 nitrogen and oxygen atoms in total. The second-order valence-corrected chi connectivity index (χ2v) is 11.3. The van der Waals surface area contributed by atoms with Gasteiger partial charge in [0.2, 0.25) is 5.82 Å². The average Bonchev–Trinajstić information content (AvgIpc) is 3.70. The highest BCUT2D eigenvalue weighted by molar-refractivity contribution is 5.90. The zero-order valence-corrected chi connectivity index (χ0v) is 24.5. The molecule has 230 valence electrons. The smallest absolute Gasteiger partial charge is 0.361 e. The van der Waals surface area contributed by atoms with Crippen molar-refractivity contribution in [2.45, 2.75) is 18.6 Å². The number of piperazine rings is 1. The lowest BCUT2D eigenvalue weighted by Gasteiger charge is -2.43. The molecule has 0 aliphatic carbocycles. The number of benzene rings is 2. The molecule has 3 N–H and O–H groups in total. The van der Waals surface area contributed by atoms with Gasteiger partial charge in [-0.2, -0.15) is 10.2 Å². The lowest BCUT2D eigenvalue weighted by atomic mass is 10.1. The number of hydrogen-bond acceptors (Lipinski definition) is 11. The maximum atomic E-state index is 12.6. The van der Waals surface area contributed by atoms with Gasteiger partial charge in [-0.15, -0.1) is 0 Å². The number of nitrogens with zero attached hydrogens (tertiary/aromatic N) is 7. The molecule has 14 heteroatoms. The van der Waals surface area contributed by atoms with Gasteiger partial charge in [-0.05, 0) is 48.5 Å². The van der Waals surface area contributed by atoms with Gasteiger partial charge in [0.25, 0.3) is 5.91 Å². The number of nitrogens with one attached hydrogen (secondary N) is 3. The van der Waals surface area contributed by atoms with Crippen LogP contribution in [0, 0.1) is 11.3 Å². The van der Waals surface area contributed by atoms with Gasteiger partial charge in [0.05, 0.1) is 31.4 Å². The van der Waals surface area contributed by atoms with Gasteiger partial charge in [-0.3, -0.25) is 14.8 Å². The average molecular weight is 609 g/mol. The van der Waals surface area contributed by atoms with Crippen molar-refractivity contribution >= 4 is 23.1 Å². The fourth-order valence-electron chi connectivity index (χ4n) is 5.82. The highest BCUT2D eigenvalue weighted by Gasteiger charge is 2.31. The molecular formula is C31H32N10O4. The van der Waals surface area contributed by atoms with Gasteiger partial charge in [-0.25, -0.2) is 19.9 Å². The van der Waals surface area contributed by atoms with Gasteiger partial charge in [-0.1, -0.05) is 0 Å². The predicted molar refractivity (Wildman–Crippen MR) is 164 cm³/mol. The first-order valence-electron chi connectivity index (χ1n) is 14.9. The molecule has 5 heterocycles. The molecule has 3 saturated heterocycles. The first-order valence-corrected chi connectivity index (χ1v) is 14.9. The molecular weight excluding hydrogens is 576 g/mol. The first-order chi connectivity index (χ1) is 22.0. The van der Waals surface area contributed by atoms with Crippen LogP contribution in [0.15, 0.2) is 59.5 Å². The third-order valence-electron chi connectivity index (χ3n) is 8.40. The van der Waals surface area contributed by atoms with Crippen LogP contribution in [0.2, 0.25) is 0 Å². The van der Waals surface area contributed by atoms with Crippen molar-refractivity contribution in [1.82, 2.24) is 34.9 Å². The Morgan fingerprint density at radius 1 is 1.02 bits per heavy atom. The maximum Gasteiger partial charge on any atom is 0.361 e. The summed E-state index contributed by atoms with van der Waals surface area (Å²) in [5.41, 5.74) is 2.52. The number of H-pyrrole nitrogens is 2. The molecule has 0 radical (unpaired) electrons. The lowest BCUT2D eigenvalue weighted by molar-refractivity contribution is -0.0660. The summed E-state index contributed by atoms with van der Waals surface area (Å²) in [4.78, 5) is 43.1. The summed E-state index contributed by atoms with van der Waals surface area (Å²) in [6.07, 6.45) is 1.95. The van der Waals surface area contributed by atoms with E-state index in [9.17, 15) is 14.9 Å². The normalized spacial score (nSPS) is 18.8. The molecule has 1 amide bonds. The number of carbonyl (C=O) groups excluding carboxylic acids is 1.